The maximum absolute atomic E-state index is 12.1. The van der Waals surface area contributed by atoms with Gasteiger partial charge in [0.1, 0.15) is 5.75 Å². The number of anilines is 1. The molecule has 0 radical (unpaired) electrons. The number of carbonyl (C=O) groups excluding carboxylic acids is 1. The Balaban J connectivity index is 1.90. The molecule has 150 valence electrons. The molecular formula is C19H27ClN2O4S. The lowest BCUT2D eigenvalue weighted by molar-refractivity contribution is -0.120. The molecule has 0 saturated carbocycles. The molecule has 1 amide bonds. The van der Waals surface area contributed by atoms with Crippen molar-refractivity contribution in [2.75, 3.05) is 30.8 Å². The van der Waals surface area contributed by atoms with Gasteiger partial charge in [0.2, 0.25) is 15.9 Å². The summed E-state index contributed by atoms with van der Waals surface area (Å²) in [5, 5.41) is 3.25. The highest BCUT2D eigenvalue weighted by Crippen LogP contribution is 2.30. The molecule has 1 aliphatic rings. The molecule has 1 aromatic rings. The number of ether oxygens (including phenoxy) is 1. The van der Waals surface area contributed by atoms with E-state index in [0.717, 1.165) is 19.1 Å². The lowest BCUT2D eigenvalue weighted by Gasteiger charge is -2.23. The molecule has 0 spiro atoms. The van der Waals surface area contributed by atoms with Crippen LogP contribution in [0.3, 0.4) is 0 Å². The van der Waals surface area contributed by atoms with Crippen LogP contribution in [0, 0.1) is 0 Å². The molecule has 0 unspecified atom stereocenters. The first-order valence-electron chi connectivity index (χ1n) is 9.07. The third kappa shape index (κ3) is 6.74. The fourth-order valence-electron chi connectivity index (χ4n) is 3.05. The third-order valence-electron chi connectivity index (χ3n) is 4.49. The number of hydrogen-bond acceptors (Lipinski definition) is 4. The number of benzene rings is 1. The second-order valence-electron chi connectivity index (χ2n) is 6.64. The van der Waals surface area contributed by atoms with Crippen LogP contribution in [-0.4, -0.2) is 40.8 Å². The number of nitrogens with one attached hydrogen (secondary N) is 1. The third-order valence-corrected chi connectivity index (χ3v) is 5.98. The van der Waals surface area contributed by atoms with Crippen molar-refractivity contribution in [3.63, 3.8) is 0 Å². The minimum absolute atomic E-state index is 0.0670. The topological polar surface area (TPSA) is 75.7 Å². The van der Waals surface area contributed by atoms with E-state index in [2.05, 4.69) is 11.4 Å². The molecule has 0 aliphatic heterocycles. The van der Waals surface area contributed by atoms with Gasteiger partial charge in [-0.1, -0.05) is 23.3 Å². The first-order valence-corrected chi connectivity index (χ1v) is 11.3. The molecule has 1 N–H and O–H groups in total. The molecule has 0 heterocycles. The van der Waals surface area contributed by atoms with Crippen LogP contribution in [0.25, 0.3) is 0 Å². The summed E-state index contributed by atoms with van der Waals surface area (Å²) in [6.07, 6.45) is 8.54. The van der Waals surface area contributed by atoms with E-state index >= 15 is 0 Å². The zero-order valence-corrected chi connectivity index (χ0v) is 17.4. The Bertz CT molecular complexity index is 793. The molecular weight excluding hydrogens is 388 g/mol. The first-order chi connectivity index (χ1) is 12.8. The Morgan fingerprint density at radius 1 is 1.33 bits per heavy atom. The summed E-state index contributed by atoms with van der Waals surface area (Å²) in [6.45, 7) is 0.792. The number of rotatable bonds is 9. The SMILES string of the molecule is COc1ccc(N(CCCC(=O)NCC2=CCCCC2)S(C)(=O)=O)cc1Cl. The maximum atomic E-state index is 12.1. The second-order valence-corrected chi connectivity index (χ2v) is 8.96. The number of amides is 1. The minimum atomic E-state index is -3.49. The molecule has 2 rings (SSSR count). The molecule has 0 fully saturated rings. The smallest absolute Gasteiger partial charge is 0.232 e. The molecule has 1 aliphatic carbocycles. The Morgan fingerprint density at radius 3 is 2.70 bits per heavy atom. The van der Waals surface area contributed by atoms with Crippen molar-refractivity contribution in [2.45, 2.75) is 38.5 Å². The van der Waals surface area contributed by atoms with E-state index in [1.165, 1.54) is 29.8 Å². The molecule has 1 aromatic carbocycles. The van der Waals surface area contributed by atoms with Gasteiger partial charge in [-0.15, -0.1) is 0 Å². The van der Waals surface area contributed by atoms with Crippen LogP contribution in [0.5, 0.6) is 5.75 Å². The zero-order valence-electron chi connectivity index (χ0n) is 15.8. The van der Waals surface area contributed by atoms with E-state index in [9.17, 15) is 13.2 Å². The van der Waals surface area contributed by atoms with Crippen molar-refractivity contribution in [3.05, 3.63) is 34.9 Å². The Hall–Kier alpha value is -1.73. The van der Waals surface area contributed by atoms with Crippen molar-refractivity contribution < 1.29 is 17.9 Å². The van der Waals surface area contributed by atoms with Crippen LogP contribution < -0.4 is 14.4 Å². The largest absolute Gasteiger partial charge is 0.495 e. The van der Waals surface area contributed by atoms with Crippen LogP contribution in [0.15, 0.2) is 29.8 Å². The Morgan fingerprint density at radius 2 is 2.11 bits per heavy atom. The van der Waals surface area contributed by atoms with Gasteiger partial charge in [0, 0.05) is 19.5 Å². The molecule has 6 nitrogen and oxygen atoms in total. The molecule has 0 aromatic heterocycles. The predicted octanol–water partition coefficient (Wildman–Crippen LogP) is 3.51. The van der Waals surface area contributed by atoms with E-state index in [-0.39, 0.29) is 18.9 Å². The molecule has 8 heteroatoms. The number of nitrogens with zero attached hydrogens (tertiary/aromatic N) is 1. The summed E-state index contributed by atoms with van der Waals surface area (Å²) in [5.41, 5.74) is 1.73. The van der Waals surface area contributed by atoms with Gasteiger partial charge in [-0.25, -0.2) is 8.42 Å². The highest BCUT2D eigenvalue weighted by Gasteiger charge is 2.19. The van der Waals surface area contributed by atoms with Crippen LogP contribution in [0.4, 0.5) is 5.69 Å². The molecule has 0 saturated heterocycles. The molecule has 27 heavy (non-hydrogen) atoms. The fraction of sp³-hybridized carbons (Fsp3) is 0.526. The van der Waals surface area contributed by atoms with Gasteiger partial charge in [-0.05, 0) is 50.3 Å². The summed E-state index contributed by atoms with van der Waals surface area (Å²) >= 11 is 6.11. The van der Waals surface area contributed by atoms with Crippen LogP contribution in [0.1, 0.15) is 38.5 Å². The lowest BCUT2D eigenvalue weighted by Crippen LogP contribution is -2.32. The highest BCUT2D eigenvalue weighted by molar-refractivity contribution is 7.92. The summed E-state index contributed by atoms with van der Waals surface area (Å²) in [5.74, 6) is 0.410. The monoisotopic (exact) mass is 414 g/mol. The van der Waals surface area contributed by atoms with Gasteiger partial charge in [0.05, 0.1) is 24.1 Å². The molecule has 0 atom stereocenters. The summed E-state index contributed by atoms with van der Waals surface area (Å²) in [6, 6.07) is 4.82. The van der Waals surface area contributed by atoms with Crippen LogP contribution >= 0.6 is 11.6 Å². The van der Waals surface area contributed by atoms with E-state index in [1.54, 1.807) is 18.2 Å². The zero-order chi connectivity index (χ0) is 19.9. The molecule has 0 bridgehead atoms. The second kappa shape index (κ2) is 9.99. The van der Waals surface area contributed by atoms with Crippen molar-refractivity contribution in [1.29, 1.82) is 0 Å². The summed E-state index contributed by atoms with van der Waals surface area (Å²) < 4.78 is 30.7. The number of halogens is 1. The van der Waals surface area contributed by atoms with Gasteiger partial charge in [-0.3, -0.25) is 9.10 Å². The lowest BCUT2D eigenvalue weighted by atomic mass is 10.00. The van der Waals surface area contributed by atoms with Crippen molar-refractivity contribution in [3.8, 4) is 5.75 Å². The standard InChI is InChI=1S/C19H27ClN2O4S/c1-26-18-11-10-16(13-17(18)20)22(27(2,24)25)12-6-9-19(23)21-14-15-7-4-3-5-8-15/h7,10-11,13H,3-6,8-9,12,14H2,1-2H3,(H,21,23). The maximum Gasteiger partial charge on any atom is 0.232 e. The van der Waals surface area contributed by atoms with E-state index < -0.39 is 10.0 Å². The normalized spacial score (nSPS) is 14.4. The Labute approximate surface area is 166 Å². The fourth-order valence-corrected chi connectivity index (χ4v) is 4.25. The van der Waals surface area contributed by atoms with Gasteiger partial charge in [0.25, 0.3) is 0 Å². The van der Waals surface area contributed by atoms with Crippen molar-refractivity contribution in [1.82, 2.24) is 5.32 Å². The van der Waals surface area contributed by atoms with E-state index in [0.29, 0.717) is 29.4 Å². The number of hydrogen-bond donors (Lipinski definition) is 1. The van der Waals surface area contributed by atoms with E-state index in [4.69, 9.17) is 16.3 Å². The highest BCUT2D eigenvalue weighted by atomic mass is 35.5. The average Bonchev–Trinajstić information content (AvgIpc) is 2.63. The van der Waals surface area contributed by atoms with Gasteiger partial charge >= 0.3 is 0 Å². The number of allylic oxidation sites excluding steroid dienone is 1. The van der Waals surface area contributed by atoms with Crippen molar-refractivity contribution >= 4 is 33.2 Å². The van der Waals surface area contributed by atoms with Crippen LogP contribution in [0.2, 0.25) is 5.02 Å². The van der Waals surface area contributed by atoms with E-state index in [1.807, 2.05) is 0 Å². The van der Waals surface area contributed by atoms with Crippen LogP contribution in [-0.2, 0) is 14.8 Å². The van der Waals surface area contributed by atoms with Gasteiger partial charge < -0.3 is 10.1 Å². The van der Waals surface area contributed by atoms with Gasteiger partial charge in [-0.2, -0.15) is 0 Å². The Kier molecular flexibility index (Phi) is 7.98. The van der Waals surface area contributed by atoms with Crippen molar-refractivity contribution in [2.24, 2.45) is 0 Å². The average molecular weight is 415 g/mol. The predicted molar refractivity (Wildman–Crippen MR) is 109 cm³/mol. The number of methoxy groups -OCH3 is 1. The minimum Gasteiger partial charge on any atom is -0.495 e. The first kappa shape index (κ1) is 21.6. The quantitative estimate of drug-likeness (QED) is 0.627. The number of carbonyl (C=O) groups is 1. The summed E-state index contributed by atoms with van der Waals surface area (Å²) in [4.78, 5) is 12.0. The summed E-state index contributed by atoms with van der Waals surface area (Å²) in [7, 11) is -1.99. The number of sulfonamides is 1. The van der Waals surface area contributed by atoms with Gasteiger partial charge in [0.15, 0.2) is 0 Å².